The highest BCUT2D eigenvalue weighted by atomic mass is 16.5. The quantitative estimate of drug-likeness (QED) is 0.0510. The predicted octanol–water partition coefficient (Wildman–Crippen LogP) is 3.48. The van der Waals surface area contributed by atoms with Crippen molar-refractivity contribution in [1.82, 2.24) is 21.3 Å². The zero-order valence-electron chi connectivity index (χ0n) is 29.9. The molecule has 4 rings (SSSR count). The number of nitrogens with one attached hydrogen (secondary N) is 4. The van der Waals surface area contributed by atoms with Gasteiger partial charge < -0.3 is 60.3 Å². The molecule has 2 amide bonds. The lowest BCUT2D eigenvalue weighted by Crippen LogP contribution is -2.46. The first kappa shape index (κ1) is 39.7. The van der Waals surface area contributed by atoms with Crippen molar-refractivity contribution in [2.45, 2.75) is 37.8 Å². The van der Waals surface area contributed by atoms with Gasteiger partial charge in [-0.2, -0.15) is 0 Å². The van der Waals surface area contributed by atoms with Crippen molar-refractivity contribution >= 4 is 18.3 Å². The highest BCUT2D eigenvalue weighted by Crippen LogP contribution is 2.52. The third-order valence-corrected chi connectivity index (χ3v) is 9.11. The summed E-state index contributed by atoms with van der Waals surface area (Å²) in [6.45, 7) is 2.99. The van der Waals surface area contributed by atoms with E-state index in [2.05, 4.69) is 21.3 Å². The molecule has 3 aromatic carbocycles. The largest absolute Gasteiger partial charge is 0.504 e. The van der Waals surface area contributed by atoms with Crippen LogP contribution < -0.4 is 30.7 Å². The number of unbranched alkanes of at least 4 members (excludes halogenated alkanes) is 1. The molecule has 1 aliphatic carbocycles. The molecular weight excluding hydrogens is 672 g/mol. The fraction of sp³-hybridized carbons (Fsp3) is 0.447. The van der Waals surface area contributed by atoms with Crippen molar-refractivity contribution in [1.29, 1.82) is 0 Å². The van der Waals surface area contributed by atoms with E-state index in [1.54, 1.807) is 12.1 Å². The lowest BCUT2D eigenvalue weighted by atomic mass is 9.64. The molecule has 282 valence electrons. The summed E-state index contributed by atoms with van der Waals surface area (Å²) in [7, 11) is 4.30. The van der Waals surface area contributed by atoms with Gasteiger partial charge in [-0.05, 0) is 85.4 Å². The SMILES string of the molecule is COC[C@@H]1C(NC(=O)CNCCCNCCCCNC(=O)OCc2ccccc2)c2cc(O)c(O)cc2C(c2cc(OC)c(O)c(OC)c2)C1C=O. The Hall–Kier alpha value is -5.05. The van der Waals surface area contributed by atoms with E-state index in [-0.39, 0.29) is 54.4 Å². The number of alkyl carbamates (subject to hydrolysis) is 1. The van der Waals surface area contributed by atoms with Crippen molar-refractivity contribution in [3.8, 4) is 28.7 Å². The maximum Gasteiger partial charge on any atom is 0.407 e. The van der Waals surface area contributed by atoms with E-state index in [1.165, 1.54) is 33.5 Å². The Balaban J connectivity index is 1.28. The van der Waals surface area contributed by atoms with Gasteiger partial charge in [0.05, 0.1) is 33.4 Å². The maximum atomic E-state index is 13.2. The van der Waals surface area contributed by atoms with Crippen LogP contribution >= 0.6 is 0 Å². The summed E-state index contributed by atoms with van der Waals surface area (Å²) in [5.74, 6) is -2.98. The second kappa shape index (κ2) is 20.1. The Kier molecular flexibility index (Phi) is 15.4. The number of hydrogen-bond acceptors (Lipinski definition) is 12. The second-order valence-corrected chi connectivity index (χ2v) is 12.6. The van der Waals surface area contributed by atoms with Crippen molar-refractivity contribution in [2.24, 2.45) is 11.8 Å². The number of methoxy groups -OCH3 is 3. The normalized spacial score (nSPS) is 17.8. The van der Waals surface area contributed by atoms with Gasteiger partial charge in [-0.15, -0.1) is 0 Å². The molecule has 14 heteroatoms. The third-order valence-electron chi connectivity index (χ3n) is 9.11. The summed E-state index contributed by atoms with van der Waals surface area (Å²) < 4.78 is 21.5. The third kappa shape index (κ3) is 10.5. The Bertz CT molecular complexity index is 1600. The van der Waals surface area contributed by atoms with E-state index in [4.69, 9.17) is 18.9 Å². The zero-order valence-corrected chi connectivity index (χ0v) is 29.9. The van der Waals surface area contributed by atoms with Crippen LogP contribution in [0.1, 0.15) is 53.5 Å². The van der Waals surface area contributed by atoms with Gasteiger partial charge in [-0.3, -0.25) is 4.79 Å². The van der Waals surface area contributed by atoms with Crippen LogP contribution in [0, 0.1) is 11.8 Å². The number of hydrogen-bond donors (Lipinski definition) is 7. The number of aldehydes is 1. The topological polar surface area (TPSA) is 197 Å². The molecule has 4 atom stereocenters. The van der Waals surface area contributed by atoms with Crippen LogP contribution in [0.2, 0.25) is 0 Å². The average molecular weight is 723 g/mol. The molecule has 0 spiro atoms. The molecule has 3 unspecified atom stereocenters. The minimum Gasteiger partial charge on any atom is -0.504 e. The van der Waals surface area contributed by atoms with Gasteiger partial charge in [-0.1, -0.05) is 30.3 Å². The fourth-order valence-corrected chi connectivity index (χ4v) is 6.54. The summed E-state index contributed by atoms with van der Waals surface area (Å²) in [6.07, 6.45) is 2.83. The molecule has 1 aliphatic rings. The predicted molar refractivity (Wildman–Crippen MR) is 193 cm³/mol. The number of rotatable bonds is 20. The number of ether oxygens (including phenoxy) is 4. The molecule has 0 saturated carbocycles. The van der Waals surface area contributed by atoms with E-state index in [0.29, 0.717) is 29.8 Å². The van der Waals surface area contributed by atoms with Crippen LogP contribution in [0.15, 0.2) is 54.6 Å². The Morgan fingerprint density at radius 3 is 2.10 bits per heavy atom. The van der Waals surface area contributed by atoms with Gasteiger partial charge >= 0.3 is 6.09 Å². The van der Waals surface area contributed by atoms with Gasteiger partial charge in [0.1, 0.15) is 12.9 Å². The number of phenols is 3. The van der Waals surface area contributed by atoms with Crippen LogP contribution in [0.5, 0.6) is 28.7 Å². The number of carbonyl (C=O) groups excluding carboxylic acids is 3. The van der Waals surface area contributed by atoms with Gasteiger partial charge in [0.2, 0.25) is 11.7 Å². The summed E-state index contributed by atoms with van der Waals surface area (Å²) in [5.41, 5.74) is 2.52. The van der Waals surface area contributed by atoms with E-state index >= 15 is 0 Å². The standard InChI is InChI=1S/C38H50N4O10/c1-49-23-29-28(21-43)35(25-16-32(50-2)37(47)33(17-25)51-3)26-18-30(44)31(45)19-27(26)36(29)42-34(46)20-40-14-9-13-39-12-7-8-15-41-38(48)52-22-24-10-5-4-6-11-24/h4-6,10-11,16-19,21,28-29,35-36,39-40,44-45,47H,7-9,12-15,20,22-23H2,1-3H3,(H,41,48)(H,42,46)/t28?,29-,35?,36?/m0/s1. The maximum absolute atomic E-state index is 13.2. The summed E-state index contributed by atoms with van der Waals surface area (Å²) in [5, 5.41) is 43.9. The van der Waals surface area contributed by atoms with Gasteiger partial charge in [0.25, 0.3) is 0 Å². The Morgan fingerprint density at radius 2 is 1.44 bits per heavy atom. The van der Waals surface area contributed by atoms with Gasteiger partial charge in [0.15, 0.2) is 23.0 Å². The minimum atomic E-state index is -0.746. The first-order valence-corrected chi connectivity index (χ1v) is 17.3. The highest BCUT2D eigenvalue weighted by Gasteiger charge is 2.45. The van der Waals surface area contributed by atoms with Gasteiger partial charge in [-0.25, -0.2) is 4.79 Å². The molecule has 7 N–H and O–H groups in total. The van der Waals surface area contributed by atoms with Crippen LogP contribution in [0.4, 0.5) is 4.79 Å². The number of benzene rings is 3. The molecule has 0 saturated heterocycles. The highest BCUT2D eigenvalue weighted by molar-refractivity contribution is 5.79. The van der Waals surface area contributed by atoms with E-state index < -0.39 is 29.9 Å². The number of phenolic OH excluding ortho intramolecular Hbond substituents is 3. The minimum absolute atomic E-state index is 0.0171. The Labute approximate surface area is 303 Å². The first-order valence-electron chi connectivity index (χ1n) is 17.3. The van der Waals surface area contributed by atoms with Crippen LogP contribution in [0.25, 0.3) is 0 Å². The lowest BCUT2D eigenvalue weighted by molar-refractivity contribution is -0.123. The molecular formula is C38H50N4O10. The van der Waals surface area contributed by atoms with E-state index in [9.17, 15) is 29.7 Å². The van der Waals surface area contributed by atoms with Crippen molar-refractivity contribution in [3.05, 3.63) is 76.9 Å². The van der Waals surface area contributed by atoms with E-state index in [0.717, 1.165) is 44.2 Å². The summed E-state index contributed by atoms with van der Waals surface area (Å²) in [4.78, 5) is 37.9. The van der Waals surface area contributed by atoms with Crippen LogP contribution in [-0.2, 0) is 25.7 Å². The summed E-state index contributed by atoms with van der Waals surface area (Å²) >= 11 is 0. The van der Waals surface area contributed by atoms with Gasteiger partial charge in [0, 0.05) is 31.4 Å². The number of aromatic hydroxyl groups is 3. The number of carbonyl (C=O) groups is 3. The summed E-state index contributed by atoms with van der Waals surface area (Å²) in [6, 6.07) is 14.7. The van der Waals surface area contributed by atoms with Crippen molar-refractivity contribution in [3.63, 3.8) is 0 Å². The first-order chi connectivity index (χ1) is 25.2. The van der Waals surface area contributed by atoms with Crippen molar-refractivity contribution < 1.29 is 48.7 Å². The average Bonchev–Trinajstić information content (AvgIpc) is 3.15. The molecule has 0 fully saturated rings. The number of fused-ring (bicyclic) bond motifs is 1. The Morgan fingerprint density at radius 1 is 0.808 bits per heavy atom. The second-order valence-electron chi connectivity index (χ2n) is 12.6. The fourth-order valence-electron chi connectivity index (χ4n) is 6.54. The van der Waals surface area contributed by atoms with Crippen LogP contribution in [-0.4, -0.2) is 94.3 Å². The molecule has 0 aliphatic heterocycles. The zero-order chi connectivity index (χ0) is 37.5. The molecule has 52 heavy (non-hydrogen) atoms. The molecule has 3 aromatic rings. The molecule has 0 heterocycles. The molecule has 14 nitrogen and oxygen atoms in total. The number of amides is 2. The molecule has 0 bridgehead atoms. The monoisotopic (exact) mass is 722 g/mol. The van der Waals surface area contributed by atoms with Crippen molar-refractivity contribution in [2.75, 3.05) is 60.7 Å². The smallest absolute Gasteiger partial charge is 0.407 e. The van der Waals surface area contributed by atoms with E-state index in [1.807, 2.05) is 30.3 Å². The van der Waals surface area contributed by atoms with Crippen LogP contribution in [0.3, 0.4) is 0 Å². The lowest BCUT2D eigenvalue weighted by Gasteiger charge is -2.42. The molecule has 0 radical (unpaired) electrons. The molecule has 0 aromatic heterocycles.